The van der Waals surface area contributed by atoms with Crippen molar-refractivity contribution in [3.05, 3.63) is 41.7 Å². The zero-order valence-corrected chi connectivity index (χ0v) is 13.9. The van der Waals surface area contributed by atoms with Crippen molar-refractivity contribution in [1.29, 1.82) is 0 Å². The summed E-state index contributed by atoms with van der Waals surface area (Å²) in [5.41, 5.74) is 1.07. The molecule has 2 atom stereocenters. The van der Waals surface area contributed by atoms with Crippen molar-refractivity contribution < 1.29 is 14.1 Å². The number of hydrogen-bond acceptors (Lipinski definition) is 5. The zero-order chi connectivity index (χ0) is 16.7. The normalized spacial score (nSPS) is 23.8. The lowest BCUT2D eigenvalue weighted by molar-refractivity contribution is -0.119. The largest absolute Gasteiger partial charge is 0.494 e. The predicted octanol–water partition coefficient (Wildman–Crippen LogP) is 2.89. The standard InChI is InChI=1S/C18H21N3O3/c1-3-23-14-8-6-13(7-9-14)17-20-10-4-5-15(20)18(22)21(17)16-11-12(2)24-19-16/h6-9,11,15,17H,3-5,10H2,1-2H3. The first-order chi connectivity index (χ1) is 11.7. The number of ether oxygens (including phenoxy) is 1. The highest BCUT2D eigenvalue weighted by Crippen LogP contribution is 2.42. The molecule has 24 heavy (non-hydrogen) atoms. The van der Waals surface area contributed by atoms with E-state index in [-0.39, 0.29) is 18.1 Å². The lowest BCUT2D eigenvalue weighted by Gasteiger charge is -2.28. The molecule has 4 rings (SSSR count). The van der Waals surface area contributed by atoms with Gasteiger partial charge in [-0.3, -0.25) is 14.6 Å². The fourth-order valence-electron chi connectivity index (χ4n) is 3.72. The van der Waals surface area contributed by atoms with Crippen LogP contribution in [0.1, 0.15) is 37.3 Å². The number of anilines is 1. The van der Waals surface area contributed by atoms with Gasteiger partial charge in [-0.25, -0.2) is 0 Å². The Balaban J connectivity index is 1.72. The third-order valence-corrected chi connectivity index (χ3v) is 4.73. The highest BCUT2D eigenvalue weighted by Gasteiger charge is 2.50. The number of fused-ring (bicyclic) bond motifs is 1. The quantitative estimate of drug-likeness (QED) is 0.864. The summed E-state index contributed by atoms with van der Waals surface area (Å²) in [4.78, 5) is 17.0. The van der Waals surface area contributed by atoms with Gasteiger partial charge in [0.05, 0.1) is 12.6 Å². The van der Waals surface area contributed by atoms with Gasteiger partial charge in [0.15, 0.2) is 5.82 Å². The number of aromatic nitrogens is 1. The first-order valence-electron chi connectivity index (χ1n) is 8.44. The maximum Gasteiger partial charge on any atom is 0.247 e. The number of benzene rings is 1. The van der Waals surface area contributed by atoms with Crippen molar-refractivity contribution in [3.8, 4) is 5.75 Å². The summed E-state index contributed by atoms with van der Waals surface area (Å²) in [5.74, 6) is 2.24. The zero-order valence-electron chi connectivity index (χ0n) is 13.9. The molecule has 2 saturated heterocycles. The Bertz CT molecular complexity index is 740. The Kier molecular flexibility index (Phi) is 3.76. The Morgan fingerprint density at radius 3 is 2.79 bits per heavy atom. The molecule has 1 amide bonds. The maximum atomic E-state index is 12.9. The van der Waals surface area contributed by atoms with Crippen LogP contribution in [-0.4, -0.2) is 35.2 Å². The van der Waals surface area contributed by atoms with E-state index in [1.165, 1.54) is 0 Å². The number of hydrogen-bond donors (Lipinski definition) is 0. The van der Waals surface area contributed by atoms with Gasteiger partial charge < -0.3 is 9.26 Å². The molecule has 2 aromatic rings. The number of carbonyl (C=O) groups is 1. The second kappa shape index (κ2) is 5.94. The second-order valence-corrected chi connectivity index (χ2v) is 6.28. The van der Waals surface area contributed by atoms with Crippen LogP contribution in [0.15, 0.2) is 34.9 Å². The van der Waals surface area contributed by atoms with Gasteiger partial charge in [0.2, 0.25) is 5.91 Å². The van der Waals surface area contributed by atoms with Gasteiger partial charge in [0.25, 0.3) is 0 Å². The van der Waals surface area contributed by atoms with Crippen LogP contribution in [0.2, 0.25) is 0 Å². The molecule has 3 heterocycles. The van der Waals surface area contributed by atoms with E-state index in [1.807, 2.05) is 44.2 Å². The Morgan fingerprint density at radius 1 is 1.33 bits per heavy atom. The third kappa shape index (κ3) is 2.38. The minimum Gasteiger partial charge on any atom is -0.494 e. The van der Waals surface area contributed by atoms with Crippen LogP contribution in [0.4, 0.5) is 5.82 Å². The van der Waals surface area contributed by atoms with Crippen molar-refractivity contribution in [2.75, 3.05) is 18.1 Å². The average Bonchev–Trinajstić information content (AvgIpc) is 3.26. The molecule has 6 heteroatoms. The number of carbonyl (C=O) groups excluding carboxylic acids is 1. The summed E-state index contributed by atoms with van der Waals surface area (Å²) in [6, 6.07) is 9.74. The van der Waals surface area contributed by atoms with Crippen molar-refractivity contribution in [2.24, 2.45) is 0 Å². The fraction of sp³-hybridized carbons (Fsp3) is 0.444. The Labute approximate surface area is 141 Å². The lowest BCUT2D eigenvalue weighted by Crippen LogP contribution is -2.32. The van der Waals surface area contributed by atoms with Crippen LogP contribution in [0.25, 0.3) is 0 Å². The van der Waals surface area contributed by atoms with E-state index >= 15 is 0 Å². The maximum absolute atomic E-state index is 12.9. The van der Waals surface area contributed by atoms with Gasteiger partial charge in [-0.15, -0.1) is 0 Å². The smallest absolute Gasteiger partial charge is 0.247 e. The SMILES string of the molecule is CCOc1ccc(C2N(c3cc(C)on3)C(=O)C3CCCN32)cc1. The average molecular weight is 327 g/mol. The molecule has 0 aliphatic carbocycles. The molecule has 1 aromatic heterocycles. The molecule has 126 valence electrons. The lowest BCUT2D eigenvalue weighted by atomic mass is 10.1. The van der Waals surface area contributed by atoms with E-state index in [2.05, 4.69) is 10.1 Å². The van der Waals surface area contributed by atoms with E-state index in [0.717, 1.165) is 30.7 Å². The molecular weight excluding hydrogens is 306 g/mol. The van der Waals surface area contributed by atoms with E-state index < -0.39 is 0 Å². The number of amides is 1. The molecule has 0 saturated carbocycles. The van der Waals surface area contributed by atoms with Gasteiger partial charge in [-0.2, -0.15) is 0 Å². The van der Waals surface area contributed by atoms with Gasteiger partial charge in [0.1, 0.15) is 17.7 Å². The summed E-state index contributed by atoms with van der Waals surface area (Å²) < 4.78 is 10.7. The number of rotatable bonds is 4. The van der Waals surface area contributed by atoms with Crippen molar-refractivity contribution >= 4 is 11.7 Å². The van der Waals surface area contributed by atoms with Crippen LogP contribution < -0.4 is 9.64 Å². The molecule has 2 aliphatic heterocycles. The van der Waals surface area contributed by atoms with E-state index in [0.29, 0.717) is 18.2 Å². The first-order valence-corrected chi connectivity index (χ1v) is 8.44. The highest BCUT2D eigenvalue weighted by molar-refractivity contribution is 5.99. The summed E-state index contributed by atoms with van der Waals surface area (Å²) in [6.45, 7) is 5.36. The summed E-state index contributed by atoms with van der Waals surface area (Å²) >= 11 is 0. The molecular formula is C18H21N3O3. The summed E-state index contributed by atoms with van der Waals surface area (Å²) in [6.07, 6.45) is 1.82. The van der Waals surface area contributed by atoms with Gasteiger partial charge in [0, 0.05) is 12.6 Å². The van der Waals surface area contributed by atoms with Crippen LogP contribution in [-0.2, 0) is 4.79 Å². The molecule has 0 radical (unpaired) electrons. The fourth-order valence-corrected chi connectivity index (χ4v) is 3.72. The van der Waals surface area contributed by atoms with Gasteiger partial charge in [-0.1, -0.05) is 17.3 Å². The second-order valence-electron chi connectivity index (χ2n) is 6.28. The summed E-state index contributed by atoms with van der Waals surface area (Å²) in [5, 5.41) is 4.08. The topological polar surface area (TPSA) is 58.8 Å². The van der Waals surface area contributed by atoms with Crippen molar-refractivity contribution in [2.45, 2.75) is 38.9 Å². The molecule has 2 fully saturated rings. The number of aryl methyl sites for hydroxylation is 1. The van der Waals surface area contributed by atoms with Crippen LogP contribution in [0, 0.1) is 6.92 Å². The highest BCUT2D eigenvalue weighted by atomic mass is 16.5. The molecule has 0 N–H and O–H groups in total. The Hall–Kier alpha value is -2.34. The summed E-state index contributed by atoms with van der Waals surface area (Å²) in [7, 11) is 0. The van der Waals surface area contributed by atoms with Crippen molar-refractivity contribution in [3.63, 3.8) is 0 Å². The molecule has 6 nitrogen and oxygen atoms in total. The van der Waals surface area contributed by atoms with Crippen LogP contribution in [0.3, 0.4) is 0 Å². The molecule has 0 bridgehead atoms. The van der Waals surface area contributed by atoms with Crippen molar-refractivity contribution in [1.82, 2.24) is 10.1 Å². The molecule has 2 aliphatic rings. The first kappa shape index (κ1) is 15.2. The van der Waals surface area contributed by atoms with E-state index in [1.54, 1.807) is 4.90 Å². The van der Waals surface area contributed by atoms with Gasteiger partial charge in [-0.05, 0) is 44.4 Å². The molecule has 2 unspecified atom stereocenters. The molecule has 0 spiro atoms. The monoisotopic (exact) mass is 327 g/mol. The van der Waals surface area contributed by atoms with Crippen LogP contribution in [0.5, 0.6) is 5.75 Å². The van der Waals surface area contributed by atoms with E-state index in [9.17, 15) is 4.79 Å². The third-order valence-electron chi connectivity index (χ3n) is 4.73. The minimum atomic E-state index is -0.134. The van der Waals surface area contributed by atoms with Gasteiger partial charge >= 0.3 is 0 Å². The Morgan fingerprint density at radius 2 is 2.12 bits per heavy atom. The number of nitrogens with zero attached hydrogens (tertiary/aromatic N) is 3. The van der Waals surface area contributed by atoms with E-state index in [4.69, 9.17) is 9.26 Å². The minimum absolute atomic E-state index is 0.0569. The molecule has 1 aromatic carbocycles. The van der Waals surface area contributed by atoms with Crippen LogP contribution >= 0.6 is 0 Å². The predicted molar refractivity (Wildman–Crippen MR) is 88.8 cm³/mol.